The van der Waals surface area contributed by atoms with Gasteiger partial charge in [-0.05, 0) is 72.6 Å². The van der Waals surface area contributed by atoms with Crippen LogP contribution in [0, 0.1) is 15.4 Å². The van der Waals surface area contributed by atoms with E-state index in [2.05, 4.69) is 65.6 Å². The summed E-state index contributed by atoms with van der Waals surface area (Å²) in [6, 6.07) is 1.38. The molecule has 130 valence electrons. The predicted molar refractivity (Wildman–Crippen MR) is 112 cm³/mol. The standard InChI is InChI=1S/C10H18.C9H12IO2P/c1-8(2)10-6-4-9(3)5-7-10;1-2-3-5-8(10)6(11)4-7(12)9(5)13/h4,8,10H,5-7H2,1-3H3;4,11-12H,2-3,13H2,1H3. The lowest BCUT2D eigenvalue weighted by Gasteiger charge is -2.23. The van der Waals surface area contributed by atoms with E-state index in [0.717, 1.165) is 39.1 Å². The van der Waals surface area contributed by atoms with E-state index in [4.69, 9.17) is 0 Å². The summed E-state index contributed by atoms with van der Waals surface area (Å²) in [5.41, 5.74) is 2.61. The number of hydrogen-bond acceptors (Lipinski definition) is 2. The fraction of sp³-hybridized carbons (Fsp3) is 0.579. The summed E-state index contributed by atoms with van der Waals surface area (Å²) in [7, 11) is 2.51. The van der Waals surface area contributed by atoms with E-state index in [9.17, 15) is 10.2 Å². The number of halogens is 1. The summed E-state index contributed by atoms with van der Waals surface area (Å²) >= 11 is 2.10. The Morgan fingerprint density at radius 3 is 2.43 bits per heavy atom. The maximum Gasteiger partial charge on any atom is 0.132 e. The van der Waals surface area contributed by atoms with Gasteiger partial charge in [0, 0.05) is 11.4 Å². The highest BCUT2D eigenvalue weighted by molar-refractivity contribution is 14.1. The first-order chi connectivity index (χ1) is 10.8. The van der Waals surface area contributed by atoms with Gasteiger partial charge in [0.2, 0.25) is 0 Å². The third-order valence-electron chi connectivity index (χ3n) is 4.49. The number of phenols is 2. The largest absolute Gasteiger partial charge is 0.507 e. The van der Waals surface area contributed by atoms with E-state index in [1.165, 1.54) is 25.3 Å². The van der Waals surface area contributed by atoms with Gasteiger partial charge in [-0.15, -0.1) is 9.24 Å². The van der Waals surface area contributed by atoms with Gasteiger partial charge < -0.3 is 10.2 Å². The number of allylic oxidation sites excluding steroid dienone is 2. The van der Waals surface area contributed by atoms with Crippen molar-refractivity contribution < 1.29 is 10.2 Å². The first kappa shape index (κ1) is 20.8. The minimum atomic E-state index is 0.145. The Bertz CT molecular complexity index is 527. The lowest BCUT2D eigenvalue weighted by molar-refractivity contribution is 0.350. The van der Waals surface area contributed by atoms with Crippen LogP contribution in [0.15, 0.2) is 17.7 Å². The Morgan fingerprint density at radius 2 is 1.96 bits per heavy atom. The fourth-order valence-electron chi connectivity index (χ4n) is 2.78. The van der Waals surface area contributed by atoms with Gasteiger partial charge in [-0.2, -0.15) is 0 Å². The zero-order chi connectivity index (χ0) is 17.6. The van der Waals surface area contributed by atoms with E-state index >= 15 is 0 Å². The van der Waals surface area contributed by atoms with Crippen molar-refractivity contribution in [1.29, 1.82) is 0 Å². The molecule has 2 rings (SSSR count). The topological polar surface area (TPSA) is 40.5 Å². The fourth-order valence-corrected chi connectivity index (χ4v) is 4.17. The van der Waals surface area contributed by atoms with Gasteiger partial charge in [-0.1, -0.05) is 38.8 Å². The zero-order valence-corrected chi connectivity index (χ0v) is 18.0. The van der Waals surface area contributed by atoms with Gasteiger partial charge >= 0.3 is 0 Å². The predicted octanol–water partition coefficient (Wildman–Crippen LogP) is 5.54. The van der Waals surface area contributed by atoms with Crippen LogP contribution in [0.3, 0.4) is 0 Å². The third kappa shape index (κ3) is 6.26. The molecule has 0 heterocycles. The first-order valence-corrected chi connectivity index (χ1v) is 10.1. The van der Waals surface area contributed by atoms with Crippen LogP contribution in [-0.2, 0) is 6.42 Å². The van der Waals surface area contributed by atoms with Crippen molar-refractivity contribution >= 4 is 37.1 Å². The SMILES string of the molecule is CC1=CCC(C(C)C)CC1.CCCc1c(P)c(O)cc(O)c1I. The molecule has 0 radical (unpaired) electrons. The number of rotatable bonds is 3. The van der Waals surface area contributed by atoms with Crippen LogP contribution < -0.4 is 5.30 Å². The van der Waals surface area contributed by atoms with Crippen LogP contribution >= 0.6 is 31.8 Å². The molecule has 2 atom stereocenters. The average molecular weight is 448 g/mol. The Kier molecular flexibility index (Phi) is 8.92. The van der Waals surface area contributed by atoms with Gasteiger partial charge in [-0.3, -0.25) is 0 Å². The van der Waals surface area contributed by atoms with E-state index in [1.807, 2.05) is 0 Å². The lowest BCUT2D eigenvalue weighted by Crippen LogP contribution is -2.10. The molecule has 4 heteroatoms. The molecule has 1 aliphatic carbocycles. The minimum Gasteiger partial charge on any atom is -0.507 e. The van der Waals surface area contributed by atoms with Crippen LogP contribution in [0.4, 0.5) is 0 Å². The Balaban J connectivity index is 0.000000238. The molecular weight excluding hydrogens is 418 g/mol. The van der Waals surface area contributed by atoms with Gasteiger partial charge in [0.25, 0.3) is 0 Å². The van der Waals surface area contributed by atoms with Gasteiger partial charge in [-0.25, -0.2) is 0 Å². The molecule has 1 aromatic carbocycles. The van der Waals surface area contributed by atoms with Crippen molar-refractivity contribution in [2.45, 2.75) is 59.8 Å². The summed E-state index contributed by atoms with van der Waals surface area (Å²) in [5, 5.41) is 19.7. The van der Waals surface area contributed by atoms with Crippen LogP contribution in [0.5, 0.6) is 11.5 Å². The second-order valence-corrected chi connectivity index (χ2v) is 8.36. The van der Waals surface area contributed by atoms with E-state index in [1.54, 1.807) is 5.57 Å². The second kappa shape index (κ2) is 9.88. The Hall–Kier alpha value is -0.280. The normalized spacial score (nSPS) is 17.5. The molecule has 1 aromatic rings. The van der Waals surface area contributed by atoms with Crippen molar-refractivity contribution in [2.75, 3.05) is 0 Å². The first-order valence-electron chi connectivity index (χ1n) is 8.42. The third-order valence-corrected chi connectivity index (χ3v) is 6.33. The van der Waals surface area contributed by atoms with Gasteiger partial charge in [0.05, 0.1) is 3.57 Å². The maximum atomic E-state index is 9.46. The summed E-state index contributed by atoms with van der Waals surface area (Å²) < 4.78 is 0.835. The molecule has 2 N–H and O–H groups in total. The molecule has 23 heavy (non-hydrogen) atoms. The smallest absolute Gasteiger partial charge is 0.132 e. The number of benzene rings is 1. The van der Waals surface area contributed by atoms with E-state index < -0.39 is 0 Å². The average Bonchev–Trinajstić information content (AvgIpc) is 2.51. The maximum absolute atomic E-state index is 9.46. The molecule has 2 nitrogen and oxygen atoms in total. The molecule has 0 aromatic heterocycles. The summed E-state index contributed by atoms with van der Waals surface area (Å²) in [6.07, 6.45) is 8.36. The molecule has 0 aliphatic heterocycles. The van der Waals surface area contributed by atoms with Crippen molar-refractivity contribution in [3.8, 4) is 11.5 Å². The minimum absolute atomic E-state index is 0.145. The van der Waals surface area contributed by atoms with E-state index in [0.29, 0.717) is 0 Å². The number of aromatic hydroxyl groups is 2. The van der Waals surface area contributed by atoms with Crippen molar-refractivity contribution in [1.82, 2.24) is 0 Å². The van der Waals surface area contributed by atoms with E-state index in [-0.39, 0.29) is 11.5 Å². The molecule has 0 saturated carbocycles. The van der Waals surface area contributed by atoms with Gasteiger partial charge in [0.1, 0.15) is 11.5 Å². The van der Waals surface area contributed by atoms with Crippen molar-refractivity contribution in [3.63, 3.8) is 0 Å². The van der Waals surface area contributed by atoms with Crippen molar-refractivity contribution in [3.05, 3.63) is 26.8 Å². The highest BCUT2D eigenvalue weighted by atomic mass is 127. The van der Waals surface area contributed by atoms with Crippen LogP contribution in [-0.4, -0.2) is 10.2 Å². The molecule has 0 bridgehead atoms. The Morgan fingerprint density at radius 1 is 1.30 bits per heavy atom. The highest BCUT2D eigenvalue weighted by Gasteiger charge is 2.15. The summed E-state index contributed by atoms with van der Waals surface area (Å²) in [6.45, 7) is 8.98. The molecule has 0 amide bonds. The monoisotopic (exact) mass is 448 g/mol. The van der Waals surface area contributed by atoms with Crippen LogP contribution in [0.2, 0.25) is 0 Å². The molecule has 0 fully saturated rings. The number of hydrogen-bond donors (Lipinski definition) is 2. The summed E-state index contributed by atoms with van der Waals surface area (Å²) in [5.74, 6) is 2.15. The highest BCUT2D eigenvalue weighted by Crippen LogP contribution is 2.29. The second-order valence-electron chi connectivity index (χ2n) is 6.70. The molecule has 2 unspecified atom stereocenters. The number of phenolic OH excluding ortho intramolecular Hbond substituents is 2. The quantitative estimate of drug-likeness (QED) is 0.362. The molecule has 1 aliphatic rings. The molecular formula is C19H30IO2P. The van der Waals surface area contributed by atoms with Crippen LogP contribution in [0.25, 0.3) is 0 Å². The molecule has 0 spiro atoms. The lowest BCUT2D eigenvalue weighted by atomic mass is 9.83. The van der Waals surface area contributed by atoms with Crippen molar-refractivity contribution in [2.24, 2.45) is 11.8 Å². The zero-order valence-electron chi connectivity index (χ0n) is 14.7. The van der Waals surface area contributed by atoms with Crippen LogP contribution in [0.1, 0.15) is 58.9 Å². The molecule has 0 saturated heterocycles. The van der Waals surface area contributed by atoms with Gasteiger partial charge in [0.15, 0.2) is 0 Å². The summed E-state index contributed by atoms with van der Waals surface area (Å²) in [4.78, 5) is 0. The Labute approximate surface area is 157 Å².